The molecular formula is C47H57IrN3OSi-2. The molecule has 2 aromatic carbocycles. The zero-order chi connectivity index (χ0) is 37.3. The third kappa shape index (κ3) is 9.81. The first kappa shape index (κ1) is 40.7. The van der Waals surface area contributed by atoms with Gasteiger partial charge in [-0.3, -0.25) is 0 Å². The molecule has 53 heavy (non-hydrogen) atoms. The minimum absolute atomic E-state index is 0. The Bertz CT molecular complexity index is 2130. The van der Waals surface area contributed by atoms with Crippen molar-refractivity contribution >= 4 is 35.3 Å². The van der Waals surface area contributed by atoms with Gasteiger partial charge >= 0.3 is 0 Å². The van der Waals surface area contributed by atoms with E-state index in [1.165, 1.54) is 48.4 Å². The van der Waals surface area contributed by atoms with Crippen molar-refractivity contribution in [2.75, 3.05) is 0 Å². The van der Waals surface area contributed by atoms with Crippen molar-refractivity contribution in [3.8, 4) is 22.5 Å². The largest absolute Gasteiger partial charge is 0.486 e. The van der Waals surface area contributed by atoms with Crippen molar-refractivity contribution in [3.63, 3.8) is 0 Å². The predicted octanol–water partition coefficient (Wildman–Crippen LogP) is 12.7. The maximum Gasteiger partial charge on any atom is 0.216 e. The van der Waals surface area contributed by atoms with E-state index >= 15 is 0 Å². The Morgan fingerprint density at radius 2 is 1.58 bits per heavy atom. The molecule has 0 bridgehead atoms. The number of hydrogen-bond donors (Lipinski definition) is 0. The molecule has 6 heteroatoms. The van der Waals surface area contributed by atoms with Gasteiger partial charge in [-0.2, -0.15) is 0 Å². The number of furan rings is 1. The first-order chi connectivity index (χ1) is 24.6. The maximum absolute atomic E-state index is 6.34. The van der Waals surface area contributed by atoms with Gasteiger partial charge in [0.05, 0.1) is 13.7 Å². The van der Waals surface area contributed by atoms with Gasteiger partial charge < -0.3 is 14.4 Å². The van der Waals surface area contributed by atoms with E-state index in [4.69, 9.17) is 19.4 Å². The van der Waals surface area contributed by atoms with Crippen molar-refractivity contribution in [2.45, 2.75) is 118 Å². The molecule has 0 N–H and O–H groups in total. The molecule has 1 fully saturated rings. The van der Waals surface area contributed by atoms with Crippen LogP contribution in [0.25, 0.3) is 44.6 Å². The van der Waals surface area contributed by atoms with Crippen molar-refractivity contribution in [1.82, 2.24) is 15.0 Å². The maximum atomic E-state index is 6.34. The zero-order valence-corrected chi connectivity index (χ0v) is 36.9. The Kier molecular flexibility index (Phi) is 12.7. The SMILES string of the molecule is CC(C)(C)Cc1cc(-c2[c-]cccc2)ncc1[Si](C)(C)C.CC(c1ccc2c(n1)oc1c(-c3cc(C4CCCCC4)ccn3)[c-]ccc12)C(C)(C)C.[Ir]. The molecule has 4 aromatic heterocycles. The quantitative estimate of drug-likeness (QED) is 0.123. The molecule has 7 rings (SSSR count). The number of pyridine rings is 3. The molecule has 281 valence electrons. The van der Waals surface area contributed by atoms with E-state index in [0.717, 1.165) is 51.0 Å². The van der Waals surface area contributed by atoms with E-state index in [9.17, 15) is 0 Å². The Morgan fingerprint density at radius 1 is 0.830 bits per heavy atom. The zero-order valence-electron chi connectivity index (χ0n) is 33.5. The predicted molar refractivity (Wildman–Crippen MR) is 222 cm³/mol. The topological polar surface area (TPSA) is 51.8 Å². The van der Waals surface area contributed by atoms with Crippen LogP contribution in [0.5, 0.6) is 0 Å². The van der Waals surface area contributed by atoms with Gasteiger partial charge in [0.25, 0.3) is 0 Å². The summed E-state index contributed by atoms with van der Waals surface area (Å²) in [5, 5.41) is 3.62. The van der Waals surface area contributed by atoms with Gasteiger partial charge in [-0.25, -0.2) is 4.98 Å². The Balaban J connectivity index is 0.000000216. The minimum Gasteiger partial charge on any atom is -0.486 e. The fourth-order valence-corrected chi connectivity index (χ4v) is 8.95. The van der Waals surface area contributed by atoms with Crippen molar-refractivity contribution in [3.05, 3.63) is 108 Å². The van der Waals surface area contributed by atoms with Crippen LogP contribution in [0.3, 0.4) is 0 Å². The summed E-state index contributed by atoms with van der Waals surface area (Å²) in [6.45, 7) is 23.1. The molecule has 4 heterocycles. The summed E-state index contributed by atoms with van der Waals surface area (Å²) in [6, 6.07) is 29.8. The summed E-state index contributed by atoms with van der Waals surface area (Å²) in [7, 11) is -1.37. The average molecular weight is 900 g/mol. The summed E-state index contributed by atoms with van der Waals surface area (Å²) >= 11 is 0. The van der Waals surface area contributed by atoms with E-state index in [1.54, 1.807) is 0 Å². The molecule has 1 atom stereocenters. The minimum atomic E-state index is -1.37. The van der Waals surface area contributed by atoms with Crippen molar-refractivity contribution < 1.29 is 24.5 Å². The molecule has 1 aliphatic carbocycles. The number of rotatable bonds is 6. The van der Waals surface area contributed by atoms with Gasteiger partial charge in [-0.05, 0) is 70.8 Å². The fourth-order valence-electron chi connectivity index (χ4n) is 7.38. The molecule has 1 radical (unpaired) electrons. The van der Waals surface area contributed by atoms with Crippen LogP contribution in [0, 0.1) is 23.0 Å². The number of nitrogens with zero attached hydrogens (tertiary/aromatic N) is 3. The molecule has 1 unspecified atom stereocenters. The second-order valence-corrected chi connectivity index (χ2v) is 23.2. The standard InChI is InChI=1S/C28H31N2O.C19H26NSi.Ir/c1-18(28(2,3)4)24-14-13-22-21-11-8-12-23(26(21)31-27(22)30-24)25-17-20(15-16-29-25)19-9-6-5-7-10-19;1-19(2,3)13-16-12-17(15-10-8-7-9-11-15)20-14-18(16)21(4,5)6;/h8,11,13-19H,5-7,9-10H2,1-4H3;7-10,12,14H,13H2,1-6H3;/q2*-1;. The molecule has 0 amide bonds. The average Bonchev–Trinajstić information content (AvgIpc) is 3.49. The Morgan fingerprint density at radius 3 is 2.25 bits per heavy atom. The third-order valence-electron chi connectivity index (χ3n) is 10.7. The van der Waals surface area contributed by atoms with E-state index in [-0.39, 0.29) is 30.9 Å². The first-order valence-electron chi connectivity index (χ1n) is 19.3. The number of hydrogen-bond acceptors (Lipinski definition) is 4. The van der Waals surface area contributed by atoms with Crippen LogP contribution in [0.15, 0.2) is 83.5 Å². The summed E-state index contributed by atoms with van der Waals surface area (Å²) in [4.78, 5) is 14.3. The Labute approximate surface area is 333 Å². The molecule has 0 aliphatic heterocycles. The second kappa shape index (κ2) is 16.5. The van der Waals surface area contributed by atoms with Gasteiger partial charge in [0, 0.05) is 49.5 Å². The fraction of sp³-hybridized carbons (Fsp3) is 0.426. The number of aromatic nitrogens is 3. The van der Waals surface area contributed by atoms with E-state index < -0.39 is 8.07 Å². The molecule has 0 saturated heterocycles. The van der Waals surface area contributed by atoms with Gasteiger partial charge in [0.1, 0.15) is 0 Å². The Hall–Kier alpha value is -3.44. The summed E-state index contributed by atoms with van der Waals surface area (Å²) in [6.07, 6.45) is 11.7. The summed E-state index contributed by atoms with van der Waals surface area (Å²) in [5.74, 6) is 0.985. The van der Waals surface area contributed by atoms with Gasteiger partial charge in [-0.15, -0.1) is 54.1 Å². The van der Waals surface area contributed by atoms with Crippen LogP contribution < -0.4 is 5.19 Å². The van der Waals surface area contributed by atoms with Crippen molar-refractivity contribution in [2.24, 2.45) is 10.8 Å². The molecule has 6 aromatic rings. The third-order valence-corrected chi connectivity index (χ3v) is 12.7. The summed E-state index contributed by atoms with van der Waals surface area (Å²) < 4.78 is 6.34. The van der Waals surface area contributed by atoms with Crippen LogP contribution in [-0.2, 0) is 26.5 Å². The number of benzene rings is 2. The molecule has 0 spiro atoms. The van der Waals surface area contributed by atoms with Crippen LogP contribution in [0.1, 0.15) is 109 Å². The normalized spacial score (nSPS) is 14.8. The molecule has 1 saturated carbocycles. The smallest absolute Gasteiger partial charge is 0.216 e. The van der Waals surface area contributed by atoms with Crippen LogP contribution >= 0.6 is 0 Å². The molecule has 1 aliphatic rings. The molecule has 4 nitrogen and oxygen atoms in total. The van der Waals surface area contributed by atoms with Gasteiger partial charge in [0.2, 0.25) is 5.71 Å². The number of fused-ring (bicyclic) bond motifs is 3. The van der Waals surface area contributed by atoms with E-state index in [1.807, 2.05) is 30.5 Å². The van der Waals surface area contributed by atoms with Gasteiger partial charge in [0.15, 0.2) is 0 Å². The van der Waals surface area contributed by atoms with Crippen LogP contribution in [0.4, 0.5) is 0 Å². The van der Waals surface area contributed by atoms with Crippen LogP contribution in [0.2, 0.25) is 19.6 Å². The monoisotopic (exact) mass is 900 g/mol. The first-order valence-corrected chi connectivity index (χ1v) is 22.8. The van der Waals surface area contributed by atoms with Crippen molar-refractivity contribution in [1.29, 1.82) is 0 Å². The van der Waals surface area contributed by atoms with E-state index in [0.29, 0.717) is 17.5 Å². The van der Waals surface area contributed by atoms with E-state index in [2.05, 4.69) is 129 Å². The summed E-state index contributed by atoms with van der Waals surface area (Å²) in [5.41, 5.74) is 9.88. The second-order valence-electron chi connectivity index (χ2n) is 18.2. The van der Waals surface area contributed by atoms with Crippen LogP contribution in [-0.4, -0.2) is 23.0 Å². The van der Waals surface area contributed by atoms with Gasteiger partial charge in [-0.1, -0.05) is 122 Å². The molecular weight excluding hydrogens is 843 g/mol.